The highest BCUT2D eigenvalue weighted by Crippen LogP contribution is 2.44. The van der Waals surface area contributed by atoms with Gasteiger partial charge in [-0.15, -0.1) is 0 Å². The second kappa shape index (κ2) is 6.38. The van der Waals surface area contributed by atoms with Crippen molar-refractivity contribution in [3.05, 3.63) is 42.4 Å². The maximum Gasteiger partial charge on any atom is 0.124 e. The van der Waals surface area contributed by atoms with E-state index in [1.807, 2.05) is 6.33 Å². The minimum absolute atomic E-state index is 0.635. The van der Waals surface area contributed by atoms with Crippen LogP contribution in [0.15, 0.2) is 36.7 Å². The molecule has 3 nitrogen and oxygen atoms in total. The van der Waals surface area contributed by atoms with Crippen LogP contribution in [0.25, 0.3) is 11.3 Å². The van der Waals surface area contributed by atoms with E-state index in [9.17, 15) is 0 Å². The second-order valence-electron chi connectivity index (χ2n) is 7.44. The summed E-state index contributed by atoms with van der Waals surface area (Å²) in [6.45, 7) is 8.65. The summed E-state index contributed by atoms with van der Waals surface area (Å²) >= 11 is 0. The van der Waals surface area contributed by atoms with E-state index in [1.54, 1.807) is 0 Å². The number of hydrogen-bond acceptors (Lipinski definition) is 2. The zero-order valence-electron chi connectivity index (χ0n) is 13.9. The second-order valence-corrected chi connectivity index (χ2v) is 13.1. The summed E-state index contributed by atoms with van der Waals surface area (Å²) in [6.07, 6.45) is 4.51. The lowest BCUT2D eigenvalue weighted by atomic mass is 10.1. The first-order valence-corrected chi connectivity index (χ1v) is 11.9. The summed E-state index contributed by atoms with van der Waals surface area (Å²) in [5.41, 5.74) is 3.71. The van der Waals surface area contributed by atoms with Gasteiger partial charge >= 0.3 is 0 Å². The van der Waals surface area contributed by atoms with Crippen molar-refractivity contribution < 1.29 is 4.74 Å². The van der Waals surface area contributed by atoms with Gasteiger partial charge in [-0.2, -0.15) is 0 Å². The third-order valence-electron chi connectivity index (χ3n) is 4.12. The molecule has 0 spiro atoms. The molecule has 1 aliphatic rings. The molecule has 0 N–H and O–H groups in total. The Morgan fingerprint density at radius 3 is 2.55 bits per heavy atom. The van der Waals surface area contributed by atoms with E-state index in [0.29, 0.717) is 12.6 Å². The number of ether oxygens (including phenoxy) is 1. The number of imidazole rings is 1. The van der Waals surface area contributed by atoms with Gasteiger partial charge in [0.2, 0.25) is 0 Å². The molecule has 0 unspecified atom stereocenters. The topological polar surface area (TPSA) is 27.1 Å². The van der Waals surface area contributed by atoms with Crippen LogP contribution in [0.3, 0.4) is 0 Å². The standard InChI is InChI=1S/C18H26N2OSi/c1-22(2,3)12-11-21-14-20-13-19-17(18(20)16-9-10-16)15-7-5-4-6-8-15/h4-8,13,16H,9-12,14H2,1-3H3. The minimum Gasteiger partial charge on any atom is -0.361 e. The fourth-order valence-corrected chi connectivity index (χ4v) is 3.40. The molecule has 1 saturated carbocycles. The van der Waals surface area contributed by atoms with Crippen LogP contribution in [-0.4, -0.2) is 24.2 Å². The van der Waals surface area contributed by atoms with Gasteiger partial charge in [0, 0.05) is 26.2 Å². The van der Waals surface area contributed by atoms with E-state index >= 15 is 0 Å². The Morgan fingerprint density at radius 2 is 1.91 bits per heavy atom. The summed E-state index contributed by atoms with van der Waals surface area (Å²) in [7, 11) is -1.02. The largest absolute Gasteiger partial charge is 0.361 e. The SMILES string of the molecule is C[Si](C)(C)CCOCn1cnc(-c2ccccc2)c1C1CC1. The highest BCUT2D eigenvalue weighted by atomic mass is 28.3. The summed E-state index contributed by atoms with van der Waals surface area (Å²) in [6, 6.07) is 11.7. The van der Waals surface area contributed by atoms with Crippen molar-refractivity contribution in [1.82, 2.24) is 9.55 Å². The van der Waals surface area contributed by atoms with Crippen LogP contribution in [0.4, 0.5) is 0 Å². The molecule has 0 aliphatic heterocycles. The average molecular weight is 315 g/mol. The van der Waals surface area contributed by atoms with Crippen molar-refractivity contribution in [3.63, 3.8) is 0 Å². The van der Waals surface area contributed by atoms with E-state index < -0.39 is 8.07 Å². The van der Waals surface area contributed by atoms with Crippen LogP contribution >= 0.6 is 0 Å². The van der Waals surface area contributed by atoms with Gasteiger partial charge in [-0.25, -0.2) is 4.98 Å². The molecule has 1 fully saturated rings. The van der Waals surface area contributed by atoms with Gasteiger partial charge in [0.25, 0.3) is 0 Å². The summed E-state index contributed by atoms with van der Waals surface area (Å²) in [5.74, 6) is 0.665. The van der Waals surface area contributed by atoms with E-state index in [2.05, 4.69) is 59.5 Å². The Labute approximate surface area is 134 Å². The summed E-state index contributed by atoms with van der Waals surface area (Å²) < 4.78 is 8.13. The monoisotopic (exact) mass is 314 g/mol. The van der Waals surface area contributed by atoms with Crippen molar-refractivity contribution in [1.29, 1.82) is 0 Å². The molecule has 1 aliphatic carbocycles. The van der Waals surface area contributed by atoms with Crippen molar-refractivity contribution in [3.8, 4) is 11.3 Å². The maximum atomic E-state index is 5.92. The third kappa shape index (κ3) is 3.87. The molecule has 1 heterocycles. The van der Waals surface area contributed by atoms with Gasteiger partial charge in [-0.1, -0.05) is 50.0 Å². The summed E-state index contributed by atoms with van der Waals surface area (Å²) in [5, 5.41) is 0. The predicted molar refractivity (Wildman–Crippen MR) is 93.7 cm³/mol. The third-order valence-corrected chi connectivity index (χ3v) is 5.82. The fourth-order valence-electron chi connectivity index (χ4n) is 2.64. The molecule has 1 aromatic carbocycles. The zero-order chi connectivity index (χ0) is 15.6. The highest BCUT2D eigenvalue weighted by Gasteiger charge is 2.30. The van der Waals surface area contributed by atoms with Gasteiger partial charge in [0.15, 0.2) is 0 Å². The van der Waals surface area contributed by atoms with Gasteiger partial charge in [-0.05, 0) is 18.9 Å². The molecule has 4 heteroatoms. The smallest absolute Gasteiger partial charge is 0.124 e. The predicted octanol–water partition coefficient (Wildman–Crippen LogP) is 4.74. The van der Waals surface area contributed by atoms with E-state index in [0.717, 1.165) is 12.3 Å². The molecular formula is C18H26N2OSi. The Kier molecular flexibility index (Phi) is 4.50. The number of aromatic nitrogens is 2. The lowest BCUT2D eigenvalue weighted by molar-refractivity contribution is 0.0853. The fraction of sp³-hybridized carbons (Fsp3) is 0.500. The molecule has 1 aromatic heterocycles. The molecular weight excluding hydrogens is 288 g/mol. The van der Waals surface area contributed by atoms with Crippen LogP contribution < -0.4 is 0 Å². The van der Waals surface area contributed by atoms with E-state index in [4.69, 9.17) is 4.74 Å². The number of rotatable bonds is 7. The Hall–Kier alpha value is -1.39. The molecule has 0 bridgehead atoms. The lowest BCUT2D eigenvalue weighted by Crippen LogP contribution is -2.22. The molecule has 0 saturated heterocycles. The van der Waals surface area contributed by atoms with Crippen LogP contribution in [0.2, 0.25) is 25.7 Å². The molecule has 0 amide bonds. The van der Waals surface area contributed by atoms with Crippen LogP contribution in [0, 0.1) is 0 Å². The number of nitrogens with zero attached hydrogens (tertiary/aromatic N) is 2. The van der Waals surface area contributed by atoms with Crippen molar-refractivity contribution in [2.24, 2.45) is 0 Å². The normalized spacial score (nSPS) is 15.2. The Morgan fingerprint density at radius 1 is 1.18 bits per heavy atom. The molecule has 0 atom stereocenters. The molecule has 0 radical (unpaired) electrons. The quantitative estimate of drug-likeness (QED) is 0.545. The van der Waals surface area contributed by atoms with Gasteiger partial charge in [0.1, 0.15) is 6.73 Å². The first-order chi connectivity index (χ1) is 10.5. The first kappa shape index (κ1) is 15.5. The maximum absolute atomic E-state index is 5.92. The Balaban J connectivity index is 1.71. The van der Waals surface area contributed by atoms with Crippen molar-refractivity contribution >= 4 is 8.07 Å². The van der Waals surface area contributed by atoms with Crippen molar-refractivity contribution in [2.45, 2.75) is 51.2 Å². The number of hydrogen-bond donors (Lipinski definition) is 0. The Bertz CT molecular complexity index is 612. The lowest BCUT2D eigenvalue weighted by Gasteiger charge is -2.16. The van der Waals surface area contributed by atoms with Gasteiger partial charge < -0.3 is 9.30 Å². The molecule has 118 valence electrons. The molecule has 2 aromatic rings. The molecule has 22 heavy (non-hydrogen) atoms. The van der Waals surface area contributed by atoms with Gasteiger partial charge in [-0.3, -0.25) is 0 Å². The van der Waals surface area contributed by atoms with E-state index in [-0.39, 0.29) is 0 Å². The first-order valence-electron chi connectivity index (χ1n) is 8.23. The molecule has 3 rings (SSSR count). The van der Waals surface area contributed by atoms with Crippen LogP contribution in [0.1, 0.15) is 24.5 Å². The minimum atomic E-state index is -1.02. The van der Waals surface area contributed by atoms with Crippen LogP contribution in [-0.2, 0) is 11.5 Å². The zero-order valence-corrected chi connectivity index (χ0v) is 14.9. The van der Waals surface area contributed by atoms with Crippen molar-refractivity contribution in [2.75, 3.05) is 6.61 Å². The van der Waals surface area contributed by atoms with Gasteiger partial charge in [0.05, 0.1) is 17.7 Å². The van der Waals surface area contributed by atoms with Crippen LogP contribution in [0.5, 0.6) is 0 Å². The van der Waals surface area contributed by atoms with E-state index in [1.165, 1.54) is 30.1 Å². The summed E-state index contributed by atoms with van der Waals surface area (Å²) in [4.78, 5) is 4.67. The number of benzene rings is 1. The average Bonchev–Trinajstić information content (AvgIpc) is 3.23. The highest BCUT2D eigenvalue weighted by molar-refractivity contribution is 6.76.